The van der Waals surface area contributed by atoms with Gasteiger partial charge in [0.2, 0.25) is 5.28 Å². The Morgan fingerprint density at radius 1 is 1.43 bits per heavy atom. The second kappa shape index (κ2) is 6.58. The number of carbonyl (C=O) groups excluding carboxylic acids is 1. The normalized spacial score (nSPS) is 12.4. The van der Waals surface area contributed by atoms with Crippen LogP contribution in [0.3, 0.4) is 0 Å². The van der Waals surface area contributed by atoms with Gasteiger partial charge in [-0.05, 0) is 44.4 Å². The molecule has 2 rings (SSSR count). The number of thiophene rings is 1. The van der Waals surface area contributed by atoms with Gasteiger partial charge < -0.3 is 10.1 Å². The fourth-order valence-corrected chi connectivity index (χ4v) is 3.24. The highest BCUT2D eigenvalue weighted by Crippen LogP contribution is 2.35. The zero-order valence-corrected chi connectivity index (χ0v) is 14.1. The van der Waals surface area contributed by atoms with Gasteiger partial charge >= 0.3 is 5.97 Å². The van der Waals surface area contributed by atoms with Crippen LogP contribution < -0.4 is 5.32 Å². The molecule has 114 valence electrons. The SMILES string of the molecule is CCOC(=O)c1sc2nc(Cl)nc(NC(C)CC)c2c1C. The van der Waals surface area contributed by atoms with Crippen LogP contribution in [-0.2, 0) is 4.74 Å². The molecule has 0 bridgehead atoms. The quantitative estimate of drug-likeness (QED) is 0.663. The number of fused-ring (bicyclic) bond motifs is 1. The standard InChI is InChI=1S/C14H18ClN3O2S/c1-5-7(3)16-11-9-8(4)10(13(19)20-6-2)21-12(9)18-14(15)17-11/h7H,5-6H2,1-4H3,(H,16,17,18). The minimum atomic E-state index is -0.330. The number of nitrogens with zero attached hydrogens (tertiary/aromatic N) is 2. The molecule has 7 heteroatoms. The molecule has 5 nitrogen and oxygen atoms in total. The molecule has 2 aromatic rings. The second-order valence-corrected chi connectivity index (χ2v) is 6.09. The zero-order valence-electron chi connectivity index (χ0n) is 12.5. The first kappa shape index (κ1) is 16.0. The largest absolute Gasteiger partial charge is 0.462 e. The number of carbonyl (C=O) groups is 1. The van der Waals surface area contributed by atoms with E-state index in [-0.39, 0.29) is 17.3 Å². The average Bonchev–Trinajstić information content (AvgIpc) is 2.76. The summed E-state index contributed by atoms with van der Waals surface area (Å²) in [6.07, 6.45) is 0.955. The summed E-state index contributed by atoms with van der Waals surface area (Å²) in [4.78, 5) is 21.7. The number of halogens is 1. The van der Waals surface area contributed by atoms with Crippen molar-refractivity contribution in [2.24, 2.45) is 0 Å². The number of aryl methyl sites for hydroxylation is 1. The molecule has 2 aromatic heterocycles. The Balaban J connectivity index is 2.56. The molecule has 0 radical (unpaired) electrons. The van der Waals surface area contributed by atoms with Crippen molar-refractivity contribution in [2.45, 2.75) is 40.2 Å². The predicted octanol–water partition coefficient (Wildman–Crippen LogP) is 4.04. The van der Waals surface area contributed by atoms with E-state index in [1.807, 2.05) is 6.92 Å². The summed E-state index contributed by atoms with van der Waals surface area (Å²) in [5, 5.41) is 4.33. The molecule has 0 amide bonds. The van der Waals surface area contributed by atoms with E-state index in [4.69, 9.17) is 16.3 Å². The van der Waals surface area contributed by atoms with Crippen LogP contribution in [0, 0.1) is 6.92 Å². The number of hydrogen-bond acceptors (Lipinski definition) is 6. The van der Waals surface area contributed by atoms with E-state index < -0.39 is 0 Å². The molecule has 0 aliphatic heterocycles. The Morgan fingerprint density at radius 3 is 2.76 bits per heavy atom. The van der Waals surface area contributed by atoms with Crippen molar-refractivity contribution >= 4 is 44.9 Å². The summed E-state index contributed by atoms with van der Waals surface area (Å²) in [5.74, 6) is 0.340. The molecule has 0 fully saturated rings. The number of anilines is 1. The second-order valence-electron chi connectivity index (χ2n) is 4.75. The van der Waals surface area contributed by atoms with Crippen LogP contribution in [0.2, 0.25) is 5.28 Å². The lowest BCUT2D eigenvalue weighted by Gasteiger charge is -2.13. The monoisotopic (exact) mass is 327 g/mol. The van der Waals surface area contributed by atoms with Crippen molar-refractivity contribution in [3.8, 4) is 0 Å². The minimum absolute atomic E-state index is 0.171. The molecular formula is C14H18ClN3O2S. The summed E-state index contributed by atoms with van der Waals surface area (Å²) in [6.45, 7) is 8.16. The van der Waals surface area contributed by atoms with Gasteiger partial charge in [0.1, 0.15) is 15.5 Å². The fourth-order valence-electron chi connectivity index (χ4n) is 1.94. The van der Waals surface area contributed by atoms with Crippen LogP contribution >= 0.6 is 22.9 Å². The van der Waals surface area contributed by atoms with Crippen molar-refractivity contribution < 1.29 is 9.53 Å². The highest BCUT2D eigenvalue weighted by molar-refractivity contribution is 7.20. The highest BCUT2D eigenvalue weighted by Gasteiger charge is 2.21. The average molecular weight is 328 g/mol. The van der Waals surface area contributed by atoms with Gasteiger partial charge in [0.15, 0.2) is 0 Å². The molecule has 21 heavy (non-hydrogen) atoms. The molecule has 0 aliphatic carbocycles. The van der Waals surface area contributed by atoms with Crippen LogP contribution in [0.1, 0.15) is 42.4 Å². The number of aromatic nitrogens is 2. The number of nitrogens with one attached hydrogen (secondary N) is 1. The Bertz CT molecular complexity index is 672. The summed E-state index contributed by atoms with van der Waals surface area (Å²) < 4.78 is 5.08. The lowest BCUT2D eigenvalue weighted by molar-refractivity contribution is 0.0531. The van der Waals surface area contributed by atoms with Gasteiger partial charge in [-0.3, -0.25) is 0 Å². The predicted molar refractivity (Wildman–Crippen MR) is 86.5 cm³/mol. The Hall–Kier alpha value is -1.40. The van der Waals surface area contributed by atoms with Gasteiger partial charge in [0.05, 0.1) is 12.0 Å². The third-order valence-electron chi connectivity index (χ3n) is 3.22. The van der Waals surface area contributed by atoms with Gasteiger partial charge in [0.25, 0.3) is 0 Å². The molecule has 1 unspecified atom stereocenters. The van der Waals surface area contributed by atoms with Gasteiger partial charge in [0, 0.05) is 6.04 Å². The maximum atomic E-state index is 12.0. The van der Waals surface area contributed by atoms with E-state index in [2.05, 4.69) is 29.1 Å². The van der Waals surface area contributed by atoms with Gasteiger partial charge in [-0.2, -0.15) is 0 Å². The molecule has 0 saturated carbocycles. The molecule has 1 N–H and O–H groups in total. The van der Waals surface area contributed by atoms with Crippen molar-refractivity contribution in [3.63, 3.8) is 0 Å². The van der Waals surface area contributed by atoms with Crippen LogP contribution in [0.4, 0.5) is 5.82 Å². The zero-order chi connectivity index (χ0) is 15.6. The maximum absolute atomic E-state index is 12.0. The van der Waals surface area contributed by atoms with E-state index in [0.717, 1.165) is 17.4 Å². The van der Waals surface area contributed by atoms with Crippen LogP contribution in [0.5, 0.6) is 0 Å². The molecule has 1 atom stereocenters. The smallest absolute Gasteiger partial charge is 0.348 e. The molecule has 0 saturated heterocycles. The topological polar surface area (TPSA) is 64.1 Å². The number of esters is 1. The van der Waals surface area contributed by atoms with Crippen LogP contribution in [-0.4, -0.2) is 28.6 Å². The summed E-state index contributed by atoms with van der Waals surface area (Å²) in [5.41, 5.74) is 0.830. The Morgan fingerprint density at radius 2 is 2.14 bits per heavy atom. The summed E-state index contributed by atoms with van der Waals surface area (Å²) >= 11 is 7.27. The van der Waals surface area contributed by atoms with Crippen molar-refractivity contribution in [1.29, 1.82) is 0 Å². The van der Waals surface area contributed by atoms with Crippen LogP contribution in [0.15, 0.2) is 0 Å². The van der Waals surface area contributed by atoms with Crippen molar-refractivity contribution in [2.75, 3.05) is 11.9 Å². The molecular weight excluding hydrogens is 310 g/mol. The van der Waals surface area contributed by atoms with E-state index in [9.17, 15) is 4.79 Å². The van der Waals surface area contributed by atoms with Crippen molar-refractivity contribution in [1.82, 2.24) is 9.97 Å². The van der Waals surface area contributed by atoms with E-state index in [0.29, 0.717) is 22.1 Å². The highest BCUT2D eigenvalue weighted by atomic mass is 35.5. The molecule has 2 heterocycles. The number of hydrogen-bond donors (Lipinski definition) is 1. The van der Waals surface area contributed by atoms with Crippen molar-refractivity contribution in [3.05, 3.63) is 15.7 Å². The first-order valence-corrected chi connectivity index (χ1v) is 8.07. The van der Waals surface area contributed by atoms with Gasteiger partial charge in [-0.1, -0.05) is 6.92 Å². The van der Waals surface area contributed by atoms with E-state index in [1.165, 1.54) is 11.3 Å². The Labute approximate surface area is 132 Å². The lowest BCUT2D eigenvalue weighted by Crippen LogP contribution is -2.15. The minimum Gasteiger partial charge on any atom is -0.462 e. The number of ether oxygens (including phenoxy) is 1. The van der Waals surface area contributed by atoms with Gasteiger partial charge in [-0.25, -0.2) is 14.8 Å². The third-order valence-corrected chi connectivity index (χ3v) is 4.55. The molecule has 0 aliphatic rings. The molecule has 0 aromatic carbocycles. The first-order valence-electron chi connectivity index (χ1n) is 6.88. The van der Waals surface area contributed by atoms with Crippen LogP contribution in [0.25, 0.3) is 10.2 Å². The molecule has 0 spiro atoms. The summed E-state index contributed by atoms with van der Waals surface area (Å²) in [7, 11) is 0. The Kier molecular flexibility index (Phi) is 5.00. The third kappa shape index (κ3) is 3.27. The first-order chi connectivity index (χ1) is 9.97. The van der Waals surface area contributed by atoms with Gasteiger partial charge in [-0.15, -0.1) is 11.3 Å². The van der Waals surface area contributed by atoms with E-state index in [1.54, 1.807) is 6.92 Å². The fraction of sp³-hybridized carbons (Fsp3) is 0.500. The lowest BCUT2D eigenvalue weighted by atomic mass is 10.2. The summed E-state index contributed by atoms with van der Waals surface area (Å²) in [6, 6.07) is 0.254. The number of rotatable bonds is 5. The van der Waals surface area contributed by atoms with E-state index >= 15 is 0 Å². The maximum Gasteiger partial charge on any atom is 0.348 e.